The van der Waals surface area contributed by atoms with Gasteiger partial charge in [0.25, 0.3) is 0 Å². The second kappa shape index (κ2) is 6.55. The molecule has 1 heterocycles. The molecule has 2 rings (SSSR count). The minimum atomic E-state index is 0.321. The normalized spacial score (nSPS) is 21.8. The maximum atomic E-state index is 9.88. The number of benzene rings is 1. The predicted molar refractivity (Wildman–Crippen MR) is 75.7 cm³/mol. The van der Waals surface area contributed by atoms with Gasteiger partial charge in [-0.15, -0.1) is 0 Å². The molecule has 1 N–H and O–H groups in total. The van der Waals surface area contributed by atoms with E-state index < -0.39 is 0 Å². The van der Waals surface area contributed by atoms with Gasteiger partial charge < -0.3 is 9.84 Å². The maximum Gasteiger partial charge on any atom is 0.120 e. The second-order valence-corrected chi connectivity index (χ2v) is 5.68. The van der Waals surface area contributed by atoms with Crippen LogP contribution in [0, 0.1) is 0 Å². The van der Waals surface area contributed by atoms with Crippen LogP contribution in [0.15, 0.2) is 22.7 Å². The number of hydrogen-bond donors (Lipinski definition) is 1. The quantitative estimate of drug-likeness (QED) is 0.930. The summed E-state index contributed by atoms with van der Waals surface area (Å²) in [6, 6.07) is 5.59. The highest BCUT2D eigenvalue weighted by atomic mass is 79.9. The monoisotopic (exact) mass is 313 g/mol. The first-order valence-electron chi connectivity index (χ1n) is 6.50. The topological polar surface area (TPSA) is 32.7 Å². The highest BCUT2D eigenvalue weighted by Crippen LogP contribution is 2.24. The molecule has 0 aliphatic carbocycles. The zero-order valence-corrected chi connectivity index (χ0v) is 12.3. The molecule has 4 heteroatoms. The molecule has 1 fully saturated rings. The van der Waals surface area contributed by atoms with E-state index in [4.69, 9.17) is 4.74 Å². The lowest BCUT2D eigenvalue weighted by Crippen LogP contribution is -2.31. The van der Waals surface area contributed by atoms with Crippen molar-refractivity contribution in [2.45, 2.75) is 32.4 Å². The van der Waals surface area contributed by atoms with E-state index in [1.807, 2.05) is 12.1 Å². The summed E-state index contributed by atoms with van der Waals surface area (Å²) >= 11 is 3.45. The summed E-state index contributed by atoms with van der Waals surface area (Å²) in [7, 11) is 0. The number of hydrogen-bond acceptors (Lipinski definition) is 3. The van der Waals surface area contributed by atoms with Crippen LogP contribution in [0.5, 0.6) is 5.75 Å². The number of aromatic hydroxyl groups is 1. The highest BCUT2D eigenvalue weighted by molar-refractivity contribution is 9.10. The van der Waals surface area contributed by atoms with Crippen LogP contribution in [0.25, 0.3) is 0 Å². The van der Waals surface area contributed by atoms with Crippen LogP contribution < -0.4 is 0 Å². The Labute approximate surface area is 117 Å². The Kier molecular flexibility index (Phi) is 5.03. The number of phenolic OH excluding ortho intramolecular Hbond substituents is 1. The molecule has 0 aromatic heterocycles. The molecule has 1 aliphatic heterocycles. The Morgan fingerprint density at radius 3 is 3.11 bits per heavy atom. The third kappa shape index (κ3) is 3.70. The van der Waals surface area contributed by atoms with Gasteiger partial charge in [0.2, 0.25) is 0 Å². The summed E-state index contributed by atoms with van der Waals surface area (Å²) in [5.74, 6) is 0.372. The molecule has 1 unspecified atom stereocenters. The lowest BCUT2D eigenvalue weighted by molar-refractivity contribution is 0.0509. The SMILES string of the molecule is CCC1CN(Cc2cc(Br)ccc2O)CCCO1. The van der Waals surface area contributed by atoms with Crippen molar-refractivity contribution in [3.63, 3.8) is 0 Å². The van der Waals surface area contributed by atoms with E-state index in [1.165, 1.54) is 0 Å². The predicted octanol–water partition coefficient (Wildman–Crippen LogP) is 3.16. The minimum Gasteiger partial charge on any atom is -0.508 e. The van der Waals surface area contributed by atoms with Crippen LogP contribution in [0.2, 0.25) is 0 Å². The number of phenols is 1. The first-order chi connectivity index (χ1) is 8.69. The largest absolute Gasteiger partial charge is 0.508 e. The minimum absolute atomic E-state index is 0.321. The van der Waals surface area contributed by atoms with Gasteiger partial charge in [-0.05, 0) is 31.0 Å². The summed E-state index contributed by atoms with van der Waals surface area (Å²) in [4.78, 5) is 2.36. The molecule has 1 atom stereocenters. The summed E-state index contributed by atoms with van der Waals surface area (Å²) in [6.07, 6.45) is 2.42. The van der Waals surface area contributed by atoms with E-state index in [0.29, 0.717) is 11.9 Å². The van der Waals surface area contributed by atoms with Crippen LogP contribution in [0.3, 0.4) is 0 Å². The van der Waals surface area contributed by atoms with Gasteiger partial charge in [0.05, 0.1) is 6.10 Å². The lowest BCUT2D eigenvalue weighted by Gasteiger charge is -2.23. The van der Waals surface area contributed by atoms with Crippen molar-refractivity contribution >= 4 is 15.9 Å². The van der Waals surface area contributed by atoms with Crippen molar-refractivity contribution in [2.24, 2.45) is 0 Å². The zero-order valence-electron chi connectivity index (χ0n) is 10.7. The van der Waals surface area contributed by atoms with Crippen molar-refractivity contribution in [2.75, 3.05) is 19.7 Å². The van der Waals surface area contributed by atoms with Crippen molar-refractivity contribution in [3.05, 3.63) is 28.2 Å². The van der Waals surface area contributed by atoms with Gasteiger partial charge in [0, 0.05) is 36.3 Å². The summed E-state index contributed by atoms with van der Waals surface area (Å²) in [6.45, 7) is 5.76. The number of halogens is 1. The fourth-order valence-electron chi connectivity index (χ4n) is 2.28. The van der Waals surface area contributed by atoms with E-state index in [0.717, 1.165) is 49.1 Å². The van der Waals surface area contributed by atoms with Crippen LogP contribution in [0.4, 0.5) is 0 Å². The van der Waals surface area contributed by atoms with Crippen molar-refractivity contribution < 1.29 is 9.84 Å². The Balaban J connectivity index is 2.04. The zero-order chi connectivity index (χ0) is 13.0. The average molecular weight is 314 g/mol. The molecular weight excluding hydrogens is 294 g/mol. The van der Waals surface area contributed by atoms with Crippen molar-refractivity contribution in [1.29, 1.82) is 0 Å². The third-order valence-corrected chi connectivity index (χ3v) is 3.82. The molecule has 0 amide bonds. The highest BCUT2D eigenvalue weighted by Gasteiger charge is 2.18. The molecule has 0 spiro atoms. The number of nitrogens with zero attached hydrogens (tertiary/aromatic N) is 1. The van der Waals surface area contributed by atoms with Gasteiger partial charge in [-0.1, -0.05) is 22.9 Å². The van der Waals surface area contributed by atoms with Crippen LogP contribution in [-0.2, 0) is 11.3 Å². The molecular formula is C14H20BrNO2. The number of rotatable bonds is 3. The van der Waals surface area contributed by atoms with Crippen LogP contribution in [0.1, 0.15) is 25.3 Å². The van der Waals surface area contributed by atoms with Crippen LogP contribution in [-0.4, -0.2) is 35.8 Å². The lowest BCUT2D eigenvalue weighted by atomic mass is 10.1. The van der Waals surface area contributed by atoms with Crippen LogP contribution >= 0.6 is 15.9 Å². The Hall–Kier alpha value is -0.580. The molecule has 1 aromatic rings. The summed E-state index contributed by atoms with van der Waals surface area (Å²) in [5, 5.41) is 9.88. The van der Waals surface area contributed by atoms with E-state index in [-0.39, 0.29) is 0 Å². The van der Waals surface area contributed by atoms with Gasteiger partial charge in [0.1, 0.15) is 5.75 Å². The number of ether oxygens (including phenoxy) is 1. The second-order valence-electron chi connectivity index (χ2n) is 4.76. The fraction of sp³-hybridized carbons (Fsp3) is 0.571. The molecule has 0 saturated carbocycles. The molecule has 0 bridgehead atoms. The van der Waals surface area contributed by atoms with Crippen molar-refractivity contribution in [1.82, 2.24) is 4.90 Å². The van der Waals surface area contributed by atoms with E-state index in [9.17, 15) is 5.11 Å². The molecule has 3 nitrogen and oxygen atoms in total. The fourth-order valence-corrected chi connectivity index (χ4v) is 2.69. The van der Waals surface area contributed by atoms with Gasteiger partial charge in [0.15, 0.2) is 0 Å². The maximum absolute atomic E-state index is 9.88. The molecule has 1 saturated heterocycles. The molecule has 18 heavy (non-hydrogen) atoms. The first kappa shape index (κ1) is 13.8. The standard InChI is InChI=1S/C14H20BrNO2/c1-2-13-10-16(6-3-7-18-13)9-11-8-12(15)4-5-14(11)17/h4-5,8,13,17H,2-3,6-7,9-10H2,1H3. The van der Waals surface area contributed by atoms with Gasteiger partial charge in [-0.2, -0.15) is 0 Å². The van der Waals surface area contributed by atoms with Crippen molar-refractivity contribution in [3.8, 4) is 5.75 Å². The summed E-state index contributed by atoms with van der Waals surface area (Å²) < 4.78 is 6.77. The smallest absolute Gasteiger partial charge is 0.120 e. The molecule has 100 valence electrons. The third-order valence-electron chi connectivity index (χ3n) is 3.32. The Morgan fingerprint density at radius 1 is 1.50 bits per heavy atom. The van der Waals surface area contributed by atoms with Gasteiger partial charge in [-0.25, -0.2) is 0 Å². The summed E-state index contributed by atoms with van der Waals surface area (Å²) in [5.41, 5.74) is 0.973. The molecule has 0 radical (unpaired) electrons. The van der Waals surface area contributed by atoms with Gasteiger partial charge >= 0.3 is 0 Å². The average Bonchev–Trinajstić information content (AvgIpc) is 2.59. The Bertz CT molecular complexity index is 397. The first-order valence-corrected chi connectivity index (χ1v) is 7.29. The van der Waals surface area contributed by atoms with E-state index in [1.54, 1.807) is 6.07 Å². The Morgan fingerprint density at radius 2 is 2.33 bits per heavy atom. The molecule has 1 aromatic carbocycles. The van der Waals surface area contributed by atoms with E-state index >= 15 is 0 Å². The van der Waals surface area contributed by atoms with Gasteiger partial charge in [-0.3, -0.25) is 4.90 Å². The molecule has 1 aliphatic rings. The van der Waals surface area contributed by atoms with E-state index in [2.05, 4.69) is 27.8 Å².